The Hall–Kier alpha value is -0.840. The van der Waals surface area contributed by atoms with Gasteiger partial charge in [0, 0.05) is 31.3 Å². The molecule has 0 radical (unpaired) electrons. The highest BCUT2D eigenvalue weighted by atomic mass is 127. The molecule has 0 saturated carbocycles. The number of rotatable bonds is 9. The lowest BCUT2D eigenvalue weighted by Crippen LogP contribution is -2.47. The highest BCUT2D eigenvalue weighted by Gasteiger charge is 2.30. The fourth-order valence-corrected chi connectivity index (χ4v) is 2.56. The molecule has 0 fully saturated rings. The summed E-state index contributed by atoms with van der Waals surface area (Å²) in [5.41, 5.74) is 0.964. The first kappa shape index (κ1) is 25.2. The van der Waals surface area contributed by atoms with Crippen molar-refractivity contribution in [2.45, 2.75) is 64.7 Å². The molecule has 0 amide bonds. The van der Waals surface area contributed by atoms with Gasteiger partial charge in [-0.3, -0.25) is 0 Å². The maximum atomic E-state index is 11.8. The van der Waals surface area contributed by atoms with Gasteiger partial charge >= 0.3 is 0 Å². The molecule has 0 spiro atoms. The zero-order chi connectivity index (χ0) is 19.1. The number of hydrogen-bond donors (Lipinski definition) is 2. The van der Waals surface area contributed by atoms with Crippen LogP contribution in [0.2, 0.25) is 0 Å². The lowest BCUT2D eigenvalue weighted by atomic mass is 9.99. The summed E-state index contributed by atoms with van der Waals surface area (Å²) >= 11 is 0. The van der Waals surface area contributed by atoms with Gasteiger partial charge in [-0.15, -0.1) is 24.0 Å². The van der Waals surface area contributed by atoms with E-state index in [0.29, 0.717) is 30.7 Å². The molecule has 0 aromatic carbocycles. The fraction of sp³-hybridized carbons (Fsp3) is 0.765. The van der Waals surface area contributed by atoms with Gasteiger partial charge in [0.25, 0.3) is 0 Å². The summed E-state index contributed by atoms with van der Waals surface area (Å²) in [5.74, 6) is 1.66. The largest absolute Gasteiger partial charge is 0.359 e. The van der Waals surface area contributed by atoms with Crippen molar-refractivity contribution in [1.29, 1.82) is 0 Å². The Morgan fingerprint density at radius 1 is 1.27 bits per heavy atom. The van der Waals surface area contributed by atoms with Gasteiger partial charge in [-0.05, 0) is 33.6 Å². The van der Waals surface area contributed by atoms with Crippen LogP contribution in [0.25, 0.3) is 0 Å². The number of nitrogens with zero attached hydrogens (tertiary/aromatic N) is 2. The van der Waals surface area contributed by atoms with Gasteiger partial charge in [0.15, 0.2) is 21.6 Å². The Balaban J connectivity index is 0.00000625. The lowest BCUT2D eigenvalue weighted by Gasteiger charge is -2.24. The van der Waals surface area contributed by atoms with Crippen molar-refractivity contribution >= 4 is 39.8 Å². The zero-order valence-electron chi connectivity index (χ0n) is 16.6. The smallest absolute Gasteiger partial charge is 0.191 e. The van der Waals surface area contributed by atoms with Crippen LogP contribution >= 0.6 is 24.0 Å². The Morgan fingerprint density at radius 3 is 2.38 bits per heavy atom. The third-order valence-electron chi connectivity index (χ3n) is 4.40. The van der Waals surface area contributed by atoms with Gasteiger partial charge in [-0.2, -0.15) is 0 Å². The standard InChI is InChI=1S/C17H32N4O3S.HI/c1-7-13(8-2)15-10-14(24-21-15)11-19-16(18-9-3)20-12-17(4,5)25(6,22)23;/h10,13H,7-9,11-12H2,1-6H3,(H2,18,19,20);1H. The SMILES string of the molecule is CCNC(=NCc1cc(C(CC)CC)no1)NCC(C)(C)S(C)(=O)=O.I. The zero-order valence-corrected chi connectivity index (χ0v) is 19.8. The first-order chi connectivity index (χ1) is 11.6. The molecule has 1 rings (SSSR count). The van der Waals surface area contributed by atoms with Crippen LogP contribution in [0.5, 0.6) is 0 Å². The lowest BCUT2D eigenvalue weighted by molar-refractivity contribution is 0.372. The number of halogens is 1. The molecule has 0 saturated heterocycles. The number of nitrogens with one attached hydrogen (secondary N) is 2. The Kier molecular flexibility index (Phi) is 10.7. The van der Waals surface area contributed by atoms with Crippen LogP contribution in [-0.4, -0.2) is 43.6 Å². The van der Waals surface area contributed by atoms with Crippen molar-refractivity contribution < 1.29 is 12.9 Å². The predicted octanol–water partition coefficient (Wildman–Crippen LogP) is 3.07. The van der Waals surface area contributed by atoms with E-state index in [-0.39, 0.29) is 30.5 Å². The van der Waals surface area contributed by atoms with Crippen molar-refractivity contribution in [3.05, 3.63) is 17.5 Å². The molecule has 152 valence electrons. The summed E-state index contributed by atoms with van der Waals surface area (Å²) < 4.78 is 28.1. The van der Waals surface area contributed by atoms with Gasteiger partial charge in [0.1, 0.15) is 6.54 Å². The molecule has 9 heteroatoms. The first-order valence-corrected chi connectivity index (χ1v) is 10.7. The van der Waals surface area contributed by atoms with Gasteiger partial charge in [0.2, 0.25) is 0 Å². The molecule has 0 unspecified atom stereocenters. The number of hydrogen-bond acceptors (Lipinski definition) is 5. The summed E-state index contributed by atoms with van der Waals surface area (Å²) in [6.45, 7) is 10.9. The minimum Gasteiger partial charge on any atom is -0.359 e. The number of guanidine groups is 1. The molecule has 0 bridgehead atoms. The number of aromatic nitrogens is 1. The maximum Gasteiger partial charge on any atom is 0.191 e. The average molecular weight is 500 g/mol. The van der Waals surface area contributed by atoms with E-state index in [1.54, 1.807) is 13.8 Å². The second-order valence-electron chi connectivity index (χ2n) is 6.81. The molecule has 0 aliphatic carbocycles. The molecular formula is C17H33IN4O3S. The quantitative estimate of drug-likeness (QED) is 0.308. The molecule has 0 aliphatic rings. The van der Waals surface area contributed by atoms with E-state index >= 15 is 0 Å². The van der Waals surface area contributed by atoms with E-state index in [1.807, 2.05) is 13.0 Å². The Morgan fingerprint density at radius 2 is 1.88 bits per heavy atom. The third-order valence-corrected chi connectivity index (χ3v) is 6.56. The highest BCUT2D eigenvalue weighted by molar-refractivity contribution is 14.0. The summed E-state index contributed by atoms with van der Waals surface area (Å²) in [4.78, 5) is 4.46. The van der Waals surface area contributed by atoms with Crippen molar-refractivity contribution in [3.8, 4) is 0 Å². The second kappa shape index (κ2) is 11.1. The van der Waals surface area contributed by atoms with Crippen LogP contribution in [-0.2, 0) is 16.4 Å². The van der Waals surface area contributed by atoms with E-state index in [2.05, 4.69) is 34.6 Å². The van der Waals surface area contributed by atoms with Crippen LogP contribution < -0.4 is 10.6 Å². The third kappa shape index (κ3) is 7.42. The van der Waals surface area contributed by atoms with Gasteiger partial charge in [-0.25, -0.2) is 13.4 Å². The summed E-state index contributed by atoms with van der Waals surface area (Å²) in [7, 11) is -3.17. The number of sulfone groups is 1. The Bertz CT molecular complexity index is 667. The van der Waals surface area contributed by atoms with Crippen LogP contribution in [0.15, 0.2) is 15.6 Å². The van der Waals surface area contributed by atoms with Crippen molar-refractivity contribution in [3.63, 3.8) is 0 Å². The normalized spacial score (nSPS) is 12.8. The average Bonchev–Trinajstić information content (AvgIpc) is 2.99. The maximum absolute atomic E-state index is 11.8. The molecule has 0 aliphatic heterocycles. The van der Waals surface area contributed by atoms with Gasteiger partial charge < -0.3 is 15.2 Å². The predicted molar refractivity (Wildman–Crippen MR) is 117 cm³/mol. The number of aliphatic imine (C=N–C) groups is 1. The monoisotopic (exact) mass is 500 g/mol. The van der Waals surface area contributed by atoms with E-state index in [0.717, 1.165) is 18.5 Å². The molecule has 1 heterocycles. The summed E-state index contributed by atoms with van der Waals surface area (Å²) in [6, 6.07) is 1.95. The Labute approximate surface area is 174 Å². The van der Waals surface area contributed by atoms with Gasteiger partial charge in [0.05, 0.1) is 10.4 Å². The van der Waals surface area contributed by atoms with Crippen molar-refractivity contribution in [1.82, 2.24) is 15.8 Å². The molecule has 2 N–H and O–H groups in total. The van der Waals surface area contributed by atoms with Crippen molar-refractivity contribution in [2.24, 2.45) is 4.99 Å². The molecule has 7 nitrogen and oxygen atoms in total. The van der Waals surface area contributed by atoms with Crippen LogP contribution in [0, 0.1) is 0 Å². The second-order valence-corrected chi connectivity index (χ2v) is 9.46. The highest BCUT2D eigenvalue weighted by Crippen LogP contribution is 2.22. The summed E-state index contributed by atoms with van der Waals surface area (Å²) in [5, 5.41) is 10.3. The van der Waals surface area contributed by atoms with Gasteiger partial charge in [-0.1, -0.05) is 19.0 Å². The minimum atomic E-state index is -3.17. The van der Waals surface area contributed by atoms with E-state index < -0.39 is 14.6 Å². The van der Waals surface area contributed by atoms with Crippen LogP contribution in [0.4, 0.5) is 0 Å². The molecule has 1 aromatic rings. The topological polar surface area (TPSA) is 96.6 Å². The molecular weight excluding hydrogens is 467 g/mol. The van der Waals surface area contributed by atoms with E-state index in [4.69, 9.17) is 4.52 Å². The van der Waals surface area contributed by atoms with E-state index in [9.17, 15) is 8.42 Å². The van der Waals surface area contributed by atoms with E-state index in [1.165, 1.54) is 6.26 Å². The van der Waals surface area contributed by atoms with Crippen LogP contribution in [0.3, 0.4) is 0 Å². The summed E-state index contributed by atoms with van der Waals surface area (Å²) in [6.07, 6.45) is 3.29. The van der Waals surface area contributed by atoms with Crippen LogP contribution in [0.1, 0.15) is 64.8 Å². The first-order valence-electron chi connectivity index (χ1n) is 8.81. The minimum absolute atomic E-state index is 0. The molecule has 0 atom stereocenters. The van der Waals surface area contributed by atoms with Crippen molar-refractivity contribution in [2.75, 3.05) is 19.3 Å². The molecule has 1 aromatic heterocycles. The fourth-order valence-electron chi connectivity index (χ4n) is 2.23. The molecule has 26 heavy (non-hydrogen) atoms.